The quantitative estimate of drug-likeness (QED) is 0.864. The third-order valence-corrected chi connectivity index (χ3v) is 5.37. The highest BCUT2D eigenvalue weighted by Crippen LogP contribution is 2.48. The summed E-state index contributed by atoms with van der Waals surface area (Å²) in [6, 6.07) is 6.42. The SMILES string of the molecule is Cl.NCC(NC(=O)C1(c2ccc(F)cc2)CC1)C1CCCCC1. The number of benzene rings is 1. The van der Waals surface area contributed by atoms with E-state index in [1.807, 2.05) is 0 Å². The molecule has 2 fully saturated rings. The Morgan fingerprint density at radius 3 is 2.35 bits per heavy atom. The van der Waals surface area contributed by atoms with E-state index in [2.05, 4.69) is 5.32 Å². The molecule has 3 N–H and O–H groups in total. The van der Waals surface area contributed by atoms with Crippen LogP contribution in [0.3, 0.4) is 0 Å². The van der Waals surface area contributed by atoms with Crippen molar-refractivity contribution in [3.05, 3.63) is 35.6 Å². The minimum atomic E-state index is -0.449. The van der Waals surface area contributed by atoms with Gasteiger partial charge in [0.25, 0.3) is 0 Å². The summed E-state index contributed by atoms with van der Waals surface area (Å²) >= 11 is 0. The molecule has 1 unspecified atom stereocenters. The van der Waals surface area contributed by atoms with Gasteiger partial charge in [0.15, 0.2) is 0 Å². The molecule has 3 rings (SSSR count). The molecule has 5 heteroatoms. The molecule has 0 bridgehead atoms. The number of carbonyl (C=O) groups excluding carboxylic acids is 1. The summed E-state index contributed by atoms with van der Waals surface area (Å²) in [5.41, 5.74) is 6.38. The first kappa shape index (κ1) is 18.2. The summed E-state index contributed by atoms with van der Waals surface area (Å²) in [5.74, 6) is 0.314. The molecular formula is C18H26ClFN2O. The molecule has 1 aromatic rings. The molecular weight excluding hydrogens is 315 g/mol. The Morgan fingerprint density at radius 2 is 1.83 bits per heavy atom. The van der Waals surface area contributed by atoms with Crippen LogP contribution in [0.25, 0.3) is 0 Å². The van der Waals surface area contributed by atoms with Crippen LogP contribution in [-0.2, 0) is 10.2 Å². The molecule has 128 valence electrons. The van der Waals surface area contributed by atoms with Crippen molar-refractivity contribution in [3.63, 3.8) is 0 Å². The first-order chi connectivity index (χ1) is 10.7. The standard InChI is InChI=1S/C18H25FN2O.ClH/c19-15-8-6-14(7-9-15)18(10-11-18)17(22)21-16(12-20)13-4-2-1-3-5-13;/h6-9,13,16H,1-5,10-12,20H2,(H,21,22);1H. The van der Waals surface area contributed by atoms with E-state index in [9.17, 15) is 9.18 Å². The summed E-state index contributed by atoms with van der Waals surface area (Å²) in [7, 11) is 0. The normalized spacial score (nSPS) is 21.1. The van der Waals surface area contributed by atoms with E-state index in [-0.39, 0.29) is 30.2 Å². The fraction of sp³-hybridized carbons (Fsp3) is 0.611. The van der Waals surface area contributed by atoms with Crippen LogP contribution >= 0.6 is 12.4 Å². The van der Waals surface area contributed by atoms with Crippen molar-refractivity contribution in [2.45, 2.75) is 56.4 Å². The Kier molecular flexibility index (Phi) is 6.04. The van der Waals surface area contributed by atoms with Crippen molar-refractivity contribution < 1.29 is 9.18 Å². The topological polar surface area (TPSA) is 55.1 Å². The molecule has 0 radical (unpaired) electrons. The lowest BCUT2D eigenvalue weighted by Gasteiger charge is -2.31. The Labute approximate surface area is 143 Å². The van der Waals surface area contributed by atoms with Crippen LogP contribution in [0.2, 0.25) is 0 Å². The highest BCUT2D eigenvalue weighted by Gasteiger charge is 2.51. The molecule has 0 heterocycles. The van der Waals surface area contributed by atoms with E-state index >= 15 is 0 Å². The number of nitrogens with one attached hydrogen (secondary N) is 1. The van der Waals surface area contributed by atoms with Gasteiger partial charge in [0.1, 0.15) is 5.82 Å². The first-order valence-electron chi connectivity index (χ1n) is 8.43. The maximum absolute atomic E-state index is 13.1. The van der Waals surface area contributed by atoms with Crippen molar-refractivity contribution in [2.24, 2.45) is 11.7 Å². The zero-order valence-electron chi connectivity index (χ0n) is 13.4. The summed E-state index contributed by atoms with van der Waals surface area (Å²) in [6.07, 6.45) is 7.76. The van der Waals surface area contributed by atoms with Gasteiger partial charge in [-0.25, -0.2) is 4.39 Å². The highest BCUT2D eigenvalue weighted by atomic mass is 35.5. The highest BCUT2D eigenvalue weighted by molar-refractivity contribution is 5.91. The van der Waals surface area contributed by atoms with Crippen LogP contribution in [0.1, 0.15) is 50.5 Å². The number of halogens is 2. The fourth-order valence-electron chi connectivity index (χ4n) is 3.75. The predicted octanol–water partition coefficient (Wildman–Crippen LogP) is 3.30. The van der Waals surface area contributed by atoms with Crippen LogP contribution in [0.5, 0.6) is 0 Å². The van der Waals surface area contributed by atoms with Crippen molar-refractivity contribution in [1.29, 1.82) is 0 Å². The molecule has 2 saturated carbocycles. The van der Waals surface area contributed by atoms with Gasteiger partial charge >= 0.3 is 0 Å². The minimum Gasteiger partial charge on any atom is -0.351 e. The molecule has 2 aliphatic carbocycles. The van der Waals surface area contributed by atoms with Crippen LogP contribution in [0.15, 0.2) is 24.3 Å². The molecule has 0 aliphatic heterocycles. The molecule has 1 amide bonds. The van der Waals surface area contributed by atoms with E-state index in [0.29, 0.717) is 12.5 Å². The zero-order valence-corrected chi connectivity index (χ0v) is 14.2. The third kappa shape index (κ3) is 3.86. The third-order valence-electron chi connectivity index (χ3n) is 5.37. The number of amides is 1. The maximum Gasteiger partial charge on any atom is 0.230 e. The molecule has 1 aromatic carbocycles. The van der Waals surface area contributed by atoms with Gasteiger partial charge in [0.2, 0.25) is 5.91 Å². The van der Waals surface area contributed by atoms with Gasteiger partial charge in [-0.2, -0.15) is 0 Å². The Morgan fingerprint density at radius 1 is 1.22 bits per heavy atom. The number of rotatable bonds is 5. The van der Waals surface area contributed by atoms with Gasteiger partial charge in [0, 0.05) is 12.6 Å². The molecule has 0 saturated heterocycles. The van der Waals surface area contributed by atoms with Crippen molar-refractivity contribution in [2.75, 3.05) is 6.54 Å². The van der Waals surface area contributed by atoms with E-state index in [1.54, 1.807) is 12.1 Å². The summed E-state index contributed by atoms with van der Waals surface area (Å²) in [5, 5.41) is 3.19. The number of hydrogen-bond donors (Lipinski definition) is 2. The van der Waals surface area contributed by atoms with E-state index in [0.717, 1.165) is 31.2 Å². The van der Waals surface area contributed by atoms with E-state index < -0.39 is 5.41 Å². The van der Waals surface area contributed by atoms with Crippen LogP contribution in [-0.4, -0.2) is 18.5 Å². The second-order valence-electron chi connectivity index (χ2n) is 6.80. The maximum atomic E-state index is 13.1. The number of hydrogen-bond acceptors (Lipinski definition) is 2. The zero-order chi connectivity index (χ0) is 15.6. The Bertz CT molecular complexity index is 524. The van der Waals surface area contributed by atoms with Crippen LogP contribution < -0.4 is 11.1 Å². The van der Waals surface area contributed by atoms with Gasteiger partial charge in [-0.15, -0.1) is 12.4 Å². The molecule has 0 aromatic heterocycles. The minimum absolute atomic E-state index is 0. The van der Waals surface area contributed by atoms with E-state index in [1.165, 1.54) is 31.4 Å². The average Bonchev–Trinajstić information content (AvgIpc) is 3.36. The Balaban J connectivity index is 0.00000192. The van der Waals surface area contributed by atoms with Gasteiger partial charge < -0.3 is 11.1 Å². The summed E-state index contributed by atoms with van der Waals surface area (Å²) < 4.78 is 13.1. The van der Waals surface area contributed by atoms with E-state index in [4.69, 9.17) is 5.73 Å². The molecule has 23 heavy (non-hydrogen) atoms. The monoisotopic (exact) mass is 340 g/mol. The van der Waals surface area contributed by atoms with Crippen molar-refractivity contribution in [3.8, 4) is 0 Å². The van der Waals surface area contributed by atoms with Crippen molar-refractivity contribution >= 4 is 18.3 Å². The van der Waals surface area contributed by atoms with Crippen molar-refractivity contribution in [1.82, 2.24) is 5.32 Å². The molecule has 1 atom stereocenters. The first-order valence-corrected chi connectivity index (χ1v) is 8.43. The van der Waals surface area contributed by atoms with Gasteiger partial charge in [-0.05, 0) is 49.3 Å². The average molecular weight is 341 g/mol. The van der Waals surface area contributed by atoms with Gasteiger partial charge in [-0.3, -0.25) is 4.79 Å². The molecule has 2 aliphatic rings. The van der Waals surface area contributed by atoms with Crippen LogP contribution in [0.4, 0.5) is 4.39 Å². The lowest BCUT2D eigenvalue weighted by molar-refractivity contribution is -0.124. The summed E-state index contributed by atoms with van der Waals surface area (Å²) in [4.78, 5) is 12.8. The lowest BCUT2D eigenvalue weighted by Crippen LogP contribution is -2.49. The predicted molar refractivity (Wildman–Crippen MR) is 92.1 cm³/mol. The smallest absolute Gasteiger partial charge is 0.230 e. The molecule has 0 spiro atoms. The Hall–Kier alpha value is -1.13. The molecule has 3 nitrogen and oxygen atoms in total. The second-order valence-corrected chi connectivity index (χ2v) is 6.80. The summed E-state index contributed by atoms with van der Waals surface area (Å²) in [6.45, 7) is 0.496. The van der Waals surface area contributed by atoms with Gasteiger partial charge in [0.05, 0.1) is 5.41 Å². The lowest BCUT2D eigenvalue weighted by atomic mass is 9.83. The number of carbonyl (C=O) groups is 1. The largest absolute Gasteiger partial charge is 0.351 e. The fourth-order valence-corrected chi connectivity index (χ4v) is 3.75. The van der Waals surface area contributed by atoms with Crippen LogP contribution in [0, 0.1) is 11.7 Å². The second kappa shape index (κ2) is 7.63. The van der Waals surface area contributed by atoms with Gasteiger partial charge in [-0.1, -0.05) is 31.4 Å². The number of nitrogens with two attached hydrogens (primary N) is 1.